The number of aromatic nitrogens is 1. The molecular weight excluding hydrogens is 524 g/mol. The molecule has 1 N–H and O–H groups in total. The molecule has 0 radical (unpaired) electrons. The van der Waals surface area contributed by atoms with Crippen LogP contribution in [0.5, 0.6) is 5.75 Å². The number of benzene rings is 4. The average molecular weight is 555 g/mol. The summed E-state index contributed by atoms with van der Waals surface area (Å²) >= 11 is 0. The van der Waals surface area contributed by atoms with E-state index in [2.05, 4.69) is 16.5 Å². The molecule has 5 aromatic rings. The molecule has 0 fully saturated rings. The number of carbonyl (C=O) groups excluding carboxylic acids is 1. The van der Waals surface area contributed by atoms with E-state index in [0.29, 0.717) is 23.6 Å². The fraction of sp³-hybridized carbons (Fsp3) is 0.114. The Balaban J connectivity index is 1.52. The van der Waals surface area contributed by atoms with Gasteiger partial charge < -0.3 is 19.5 Å². The second-order valence-corrected chi connectivity index (χ2v) is 9.59. The lowest BCUT2D eigenvalue weighted by molar-refractivity contribution is -0.120. The minimum absolute atomic E-state index is 0.323. The summed E-state index contributed by atoms with van der Waals surface area (Å²) in [6.07, 6.45) is 0. The first-order valence-electron chi connectivity index (χ1n) is 13.5. The van der Waals surface area contributed by atoms with E-state index in [1.807, 2.05) is 120 Å². The lowest BCUT2D eigenvalue weighted by Gasteiger charge is -2.15. The van der Waals surface area contributed by atoms with Gasteiger partial charge in [0.1, 0.15) is 23.2 Å². The summed E-state index contributed by atoms with van der Waals surface area (Å²) in [7, 11) is 1.61. The van der Waals surface area contributed by atoms with Crippen LogP contribution in [0.15, 0.2) is 120 Å². The van der Waals surface area contributed by atoms with Gasteiger partial charge in [0.05, 0.1) is 18.5 Å². The molecule has 0 spiro atoms. The van der Waals surface area contributed by atoms with Gasteiger partial charge in [0.25, 0.3) is 5.91 Å². The van der Waals surface area contributed by atoms with Gasteiger partial charge in [0.2, 0.25) is 0 Å². The first-order valence-corrected chi connectivity index (χ1v) is 13.5. The Bertz CT molecular complexity index is 1720. The van der Waals surface area contributed by atoms with Crippen LogP contribution < -0.4 is 10.1 Å². The molecule has 0 saturated heterocycles. The first-order chi connectivity index (χ1) is 20.6. The molecule has 5 rings (SSSR count). The Hall–Kier alpha value is -5.61. The number of methoxy groups -OCH3 is 1. The predicted molar refractivity (Wildman–Crippen MR) is 165 cm³/mol. The van der Waals surface area contributed by atoms with Crippen molar-refractivity contribution in [3.05, 3.63) is 132 Å². The minimum Gasteiger partial charge on any atom is -0.497 e. The van der Waals surface area contributed by atoms with Crippen LogP contribution in [0, 0.1) is 11.3 Å². The van der Waals surface area contributed by atoms with Crippen molar-refractivity contribution in [1.29, 1.82) is 5.26 Å². The molecule has 208 valence electrons. The van der Waals surface area contributed by atoms with E-state index in [-0.39, 0.29) is 6.61 Å². The Morgan fingerprint density at radius 3 is 2.05 bits per heavy atom. The second-order valence-electron chi connectivity index (χ2n) is 9.59. The van der Waals surface area contributed by atoms with E-state index in [1.165, 1.54) is 0 Å². The Morgan fingerprint density at radius 1 is 0.857 bits per heavy atom. The van der Waals surface area contributed by atoms with E-state index >= 15 is 0 Å². The topological polar surface area (TPSA) is 88.6 Å². The van der Waals surface area contributed by atoms with Crippen LogP contribution in [0.3, 0.4) is 0 Å². The van der Waals surface area contributed by atoms with Gasteiger partial charge in [-0.3, -0.25) is 4.79 Å². The van der Waals surface area contributed by atoms with Gasteiger partial charge in [0, 0.05) is 12.1 Å². The van der Waals surface area contributed by atoms with Crippen molar-refractivity contribution in [1.82, 2.24) is 4.57 Å². The number of anilines is 1. The molecule has 0 saturated carbocycles. The number of amides is 1. The molecule has 7 heteroatoms. The van der Waals surface area contributed by atoms with Crippen molar-refractivity contribution in [2.24, 2.45) is 5.16 Å². The number of oxime groups is 1. The van der Waals surface area contributed by atoms with E-state index in [4.69, 9.17) is 9.57 Å². The summed E-state index contributed by atoms with van der Waals surface area (Å²) in [6.45, 7) is 1.92. The summed E-state index contributed by atoms with van der Waals surface area (Å²) in [5.41, 5.74) is 6.28. The van der Waals surface area contributed by atoms with Gasteiger partial charge >= 0.3 is 0 Å². The molecule has 0 aliphatic heterocycles. The number of carbonyl (C=O) groups is 1. The smallest absolute Gasteiger partial charge is 0.266 e. The molecule has 4 aromatic carbocycles. The molecule has 1 aromatic heterocycles. The third kappa shape index (κ3) is 6.24. The maximum absolute atomic E-state index is 13.2. The van der Waals surface area contributed by atoms with Crippen LogP contribution in [0.25, 0.3) is 22.4 Å². The van der Waals surface area contributed by atoms with Gasteiger partial charge in [-0.05, 0) is 53.4 Å². The van der Waals surface area contributed by atoms with E-state index < -0.39 is 5.91 Å². The minimum atomic E-state index is -0.427. The van der Waals surface area contributed by atoms with Crippen molar-refractivity contribution in [3.8, 4) is 34.2 Å². The third-order valence-corrected chi connectivity index (χ3v) is 6.83. The zero-order valence-corrected chi connectivity index (χ0v) is 23.5. The fourth-order valence-electron chi connectivity index (χ4n) is 4.80. The summed E-state index contributed by atoms with van der Waals surface area (Å²) < 4.78 is 7.20. The standard InChI is InChI=1S/C35H30N4O3/c1-25(27-18-20-30(41-2)21-19-27)38-42-24-32(40)37-35-31(22-36)33(28-14-8-4-9-15-28)34(29-16-10-5-11-17-29)39(35)23-26-12-6-3-7-13-26/h3-21H,23-24H2,1-2H3,(H,37,40). The van der Waals surface area contributed by atoms with E-state index in [1.54, 1.807) is 14.0 Å². The maximum atomic E-state index is 13.2. The monoisotopic (exact) mass is 554 g/mol. The number of ether oxygens (including phenoxy) is 1. The highest BCUT2D eigenvalue weighted by Gasteiger charge is 2.26. The quantitative estimate of drug-likeness (QED) is 0.147. The Labute approximate surface area is 245 Å². The number of hydrogen-bond donors (Lipinski definition) is 1. The van der Waals surface area contributed by atoms with Gasteiger partial charge in [-0.2, -0.15) is 5.26 Å². The average Bonchev–Trinajstić information content (AvgIpc) is 3.34. The highest BCUT2D eigenvalue weighted by Crippen LogP contribution is 2.42. The summed E-state index contributed by atoms with van der Waals surface area (Å²) in [5, 5.41) is 17.6. The van der Waals surface area contributed by atoms with Crippen molar-refractivity contribution in [2.45, 2.75) is 13.5 Å². The van der Waals surface area contributed by atoms with Crippen molar-refractivity contribution >= 4 is 17.4 Å². The number of rotatable bonds is 10. The normalized spacial score (nSPS) is 11.0. The van der Waals surface area contributed by atoms with Crippen LogP contribution in [0.1, 0.15) is 23.6 Å². The van der Waals surface area contributed by atoms with Crippen molar-refractivity contribution in [3.63, 3.8) is 0 Å². The molecule has 0 aliphatic rings. The molecular formula is C35H30N4O3. The van der Waals surface area contributed by atoms with E-state index in [9.17, 15) is 10.1 Å². The van der Waals surface area contributed by atoms with Crippen LogP contribution in [-0.2, 0) is 16.2 Å². The summed E-state index contributed by atoms with van der Waals surface area (Å²) in [6, 6.07) is 39.4. The number of nitrogens with one attached hydrogen (secondary N) is 1. The number of hydrogen-bond acceptors (Lipinski definition) is 5. The van der Waals surface area contributed by atoms with Gasteiger partial charge in [-0.15, -0.1) is 0 Å². The van der Waals surface area contributed by atoms with Gasteiger partial charge in [-0.1, -0.05) is 96.2 Å². The Morgan fingerprint density at radius 2 is 1.45 bits per heavy atom. The van der Waals surface area contributed by atoms with Gasteiger partial charge in [-0.25, -0.2) is 0 Å². The van der Waals surface area contributed by atoms with Gasteiger partial charge in [0.15, 0.2) is 6.61 Å². The summed E-state index contributed by atoms with van der Waals surface area (Å²) in [5.74, 6) is 0.718. The Kier molecular flexibility index (Phi) is 8.76. The first kappa shape index (κ1) is 27.9. The molecule has 0 aliphatic carbocycles. The lowest BCUT2D eigenvalue weighted by atomic mass is 9.98. The fourth-order valence-corrected chi connectivity index (χ4v) is 4.80. The zero-order valence-electron chi connectivity index (χ0n) is 23.5. The lowest BCUT2D eigenvalue weighted by Crippen LogP contribution is -2.20. The molecule has 42 heavy (non-hydrogen) atoms. The maximum Gasteiger partial charge on any atom is 0.266 e. The molecule has 0 unspecified atom stereocenters. The van der Waals surface area contributed by atoms with E-state index in [0.717, 1.165) is 39.3 Å². The molecule has 1 heterocycles. The second kappa shape index (κ2) is 13.2. The third-order valence-electron chi connectivity index (χ3n) is 6.83. The van der Waals surface area contributed by atoms with Crippen LogP contribution in [0.4, 0.5) is 5.82 Å². The number of nitriles is 1. The summed E-state index contributed by atoms with van der Waals surface area (Å²) in [4.78, 5) is 18.7. The number of nitrogens with zero attached hydrogens (tertiary/aromatic N) is 3. The molecule has 7 nitrogen and oxygen atoms in total. The van der Waals surface area contributed by atoms with Crippen molar-refractivity contribution < 1.29 is 14.4 Å². The van der Waals surface area contributed by atoms with Crippen LogP contribution >= 0.6 is 0 Å². The SMILES string of the molecule is COc1ccc(C(C)=NOCC(=O)Nc2c(C#N)c(-c3ccccc3)c(-c3ccccc3)n2Cc2ccccc2)cc1. The van der Waals surface area contributed by atoms with Crippen LogP contribution in [-0.4, -0.2) is 29.9 Å². The molecule has 0 atom stereocenters. The molecule has 0 bridgehead atoms. The highest BCUT2D eigenvalue weighted by atomic mass is 16.6. The molecule has 1 amide bonds. The zero-order chi connectivity index (χ0) is 29.3. The van der Waals surface area contributed by atoms with Crippen LogP contribution in [0.2, 0.25) is 0 Å². The largest absolute Gasteiger partial charge is 0.497 e. The van der Waals surface area contributed by atoms with Crippen molar-refractivity contribution in [2.75, 3.05) is 19.0 Å². The highest BCUT2D eigenvalue weighted by molar-refractivity contribution is 5.99. The predicted octanol–water partition coefficient (Wildman–Crippen LogP) is 7.13.